The van der Waals surface area contributed by atoms with Crippen LogP contribution in [0.3, 0.4) is 0 Å². The first kappa shape index (κ1) is 23.4. The van der Waals surface area contributed by atoms with E-state index >= 15 is 0 Å². The molecule has 2 fully saturated rings. The van der Waals surface area contributed by atoms with Crippen LogP contribution in [0.2, 0.25) is 0 Å². The van der Waals surface area contributed by atoms with Gasteiger partial charge >= 0.3 is 0 Å². The van der Waals surface area contributed by atoms with Crippen molar-refractivity contribution in [2.45, 2.75) is 70.4 Å². The molecule has 2 N–H and O–H groups in total. The molecule has 1 saturated carbocycles. The number of aliphatic imine (C=N–C) groups is 1. The average molecular weight is 499 g/mol. The molecule has 0 bridgehead atoms. The van der Waals surface area contributed by atoms with E-state index in [2.05, 4.69) is 37.6 Å². The number of likely N-dealkylation sites (tertiary alicyclic amines) is 1. The highest BCUT2D eigenvalue weighted by molar-refractivity contribution is 14.0. The van der Waals surface area contributed by atoms with Gasteiger partial charge in [0, 0.05) is 45.5 Å². The Morgan fingerprint density at radius 2 is 1.93 bits per heavy atom. The summed E-state index contributed by atoms with van der Waals surface area (Å²) in [4.78, 5) is 11.4. The van der Waals surface area contributed by atoms with Gasteiger partial charge in [-0.1, -0.05) is 44.6 Å². The molecule has 3 rings (SSSR count). The van der Waals surface area contributed by atoms with Gasteiger partial charge in [-0.3, -0.25) is 14.9 Å². The molecule has 2 aliphatic rings. The predicted octanol–water partition coefficient (Wildman–Crippen LogP) is 4.19. The summed E-state index contributed by atoms with van der Waals surface area (Å²) in [7, 11) is 1.88. The molecule has 1 aromatic heterocycles. The van der Waals surface area contributed by atoms with Gasteiger partial charge in [-0.15, -0.1) is 24.0 Å². The number of unbranched alkanes of at least 4 members (excludes halogenated alkanes) is 1. The zero-order chi connectivity index (χ0) is 18.7. The molecular weight excluding hydrogens is 461 g/mol. The van der Waals surface area contributed by atoms with Crippen LogP contribution in [0.4, 0.5) is 0 Å². The molecule has 158 valence electrons. The largest absolute Gasteiger partial charge is 0.356 e. The second-order valence-corrected chi connectivity index (χ2v) is 8.16. The van der Waals surface area contributed by atoms with E-state index in [0.717, 1.165) is 50.9 Å². The van der Waals surface area contributed by atoms with E-state index in [-0.39, 0.29) is 24.0 Å². The Hall–Kier alpha value is -0.890. The molecule has 5 nitrogen and oxygen atoms in total. The zero-order valence-electron chi connectivity index (χ0n) is 17.4. The van der Waals surface area contributed by atoms with Crippen LogP contribution in [0.5, 0.6) is 0 Å². The fourth-order valence-corrected chi connectivity index (χ4v) is 4.41. The number of nitrogens with zero attached hydrogens (tertiary/aromatic N) is 3. The molecule has 0 spiro atoms. The Kier molecular flexibility index (Phi) is 11.2. The lowest BCUT2D eigenvalue weighted by molar-refractivity contribution is 0.196. The van der Waals surface area contributed by atoms with E-state index < -0.39 is 0 Å². The van der Waals surface area contributed by atoms with Crippen molar-refractivity contribution in [1.29, 1.82) is 0 Å². The Bertz CT molecular complexity index is 551. The number of piperidine rings is 1. The minimum absolute atomic E-state index is 0. The van der Waals surface area contributed by atoms with Crippen LogP contribution in [-0.4, -0.2) is 48.6 Å². The normalized spacial score (nSPS) is 19.4. The fourth-order valence-electron chi connectivity index (χ4n) is 4.41. The lowest BCUT2D eigenvalue weighted by Gasteiger charge is -2.32. The molecule has 2 heterocycles. The number of halogens is 1. The second kappa shape index (κ2) is 13.4. The average Bonchev–Trinajstić information content (AvgIpc) is 3.22. The van der Waals surface area contributed by atoms with Crippen molar-refractivity contribution in [3.8, 4) is 0 Å². The van der Waals surface area contributed by atoms with Crippen molar-refractivity contribution in [1.82, 2.24) is 20.5 Å². The minimum atomic E-state index is 0. The van der Waals surface area contributed by atoms with Gasteiger partial charge < -0.3 is 10.6 Å². The van der Waals surface area contributed by atoms with Crippen molar-refractivity contribution >= 4 is 29.9 Å². The second-order valence-electron chi connectivity index (χ2n) is 8.16. The molecule has 0 amide bonds. The van der Waals surface area contributed by atoms with Crippen molar-refractivity contribution in [3.05, 3.63) is 30.1 Å². The van der Waals surface area contributed by atoms with E-state index in [1.54, 1.807) is 0 Å². The van der Waals surface area contributed by atoms with Gasteiger partial charge in [0.25, 0.3) is 0 Å². The summed E-state index contributed by atoms with van der Waals surface area (Å²) in [6.07, 6.45) is 14.1. The molecule has 0 radical (unpaired) electrons. The van der Waals surface area contributed by atoms with Crippen LogP contribution in [0, 0.1) is 5.92 Å². The van der Waals surface area contributed by atoms with Crippen molar-refractivity contribution < 1.29 is 0 Å². The van der Waals surface area contributed by atoms with Crippen molar-refractivity contribution in [3.63, 3.8) is 0 Å². The summed E-state index contributed by atoms with van der Waals surface area (Å²) >= 11 is 0. The van der Waals surface area contributed by atoms with Gasteiger partial charge in [-0.05, 0) is 37.3 Å². The highest BCUT2D eigenvalue weighted by Crippen LogP contribution is 2.28. The summed E-state index contributed by atoms with van der Waals surface area (Å²) < 4.78 is 0. The van der Waals surface area contributed by atoms with Crippen molar-refractivity contribution in [2.75, 3.05) is 26.7 Å². The van der Waals surface area contributed by atoms with E-state index in [9.17, 15) is 0 Å². The maximum absolute atomic E-state index is 4.44. The van der Waals surface area contributed by atoms with Gasteiger partial charge in [0.15, 0.2) is 5.96 Å². The first-order chi connectivity index (χ1) is 13.3. The predicted molar refractivity (Wildman–Crippen MR) is 128 cm³/mol. The lowest BCUT2D eigenvalue weighted by Crippen LogP contribution is -2.48. The highest BCUT2D eigenvalue weighted by atomic mass is 127. The molecule has 1 saturated heterocycles. The summed E-state index contributed by atoms with van der Waals surface area (Å²) in [6.45, 7) is 4.23. The molecule has 6 heteroatoms. The maximum atomic E-state index is 4.44. The standard InChI is InChI=1S/C22H37N5.HI/c1-23-22(25-15-6-4-10-19-8-2-3-9-19)26-20-12-16-27(17-13-20)18-21-11-5-7-14-24-21;/h5,7,11,14,19-20H,2-4,6,8-10,12-13,15-18H2,1H3,(H2,23,25,26);1H. The Labute approximate surface area is 188 Å². The monoisotopic (exact) mass is 499 g/mol. The third kappa shape index (κ3) is 8.23. The number of nitrogens with one attached hydrogen (secondary N) is 2. The summed E-state index contributed by atoms with van der Waals surface area (Å²) in [6, 6.07) is 6.69. The van der Waals surface area contributed by atoms with E-state index in [0.29, 0.717) is 6.04 Å². The van der Waals surface area contributed by atoms with Crippen LogP contribution in [0.15, 0.2) is 29.4 Å². The molecule has 1 aromatic rings. The van der Waals surface area contributed by atoms with Gasteiger partial charge in [0.05, 0.1) is 5.69 Å². The SMILES string of the molecule is CN=C(NCCCCC1CCCC1)NC1CCN(Cc2ccccn2)CC1.I. The number of guanidine groups is 1. The van der Waals surface area contributed by atoms with Gasteiger partial charge in [0.2, 0.25) is 0 Å². The summed E-state index contributed by atoms with van der Waals surface area (Å²) in [5.74, 6) is 1.98. The number of hydrogen-bond donors (Lipinski definition) is 2. The van der Waals surface area contributed by atoms with E-state index in [4.69, 9.17) is 0 Å². The lowest BCUT2D eigenvalue weighted by atomic mass is 10.0. The smallest absolute Gasteiger partial charge is 0.191 e. The summed E-state index contributed by atoms with van der Waals surface area (Å²) in [5.41, 5.74) is 1.17. The van der Waals surface area contributed by atoms with Gasteiger partial charge in [0.1, 0.15) is 0 Å². The number of rotatable bonds is 8. The molecule has 0 atom stereocenters. The molecule has 0 unspecified atom stereocenters. The van der Waals surface area contributed by atoms with Crippen LogP contribution < -0.4 is 10.6 Å². The van der Waals surface area contributed by atoms with Crippen LogP contribution in [0.25, 0.3) is 0 Å². The summed E-state index contributed by atoms with van der Waals surface area (Å²) in [5, 5.41) is 7.13. The molecular formula is C22H38IN5. The maximum Gasteiger partial charge on any atom is 0.191 e. The molecule has 0 aromatic carbocycles. The first-order valence-corrected chi connectivity index (χ1v) is 10.9. The first-order valence-electron chi connectivity index (χ1n) is 10.9. The van der Waals surface area contributed by atoms with Gasteiger partial charge in [-0.25, -0.2) is 0 Å². The van der Waals surface area contributed by atoms with Crippen LogP contribution >= 0.6 is 24.0 Å². The Morgan fingerprint density at radius 3 is 2.61 bits per heavy atom. The zero-order valence-corrected chi connectivity index (χ0v) is 19.7. The fraction of sp³-hybridized carbons (Fsp3) is 0.727. The molecule has 28 heavy (non-hydrogen) atoms. The van der Waals surface area contributed by atoms with Crippen LogP contribution in [-0.2, 0) is 6.54 Å². The number of hydrogen-bond acceptors (Lipinski definition) is 3. The van der Waals surface area contributed by atoms with Crippen molar-refractivity contribution in [2.24, 2.45) is 10.9 Å². The molecule has 1 aliphatic carbocycles. The number of aromatic nitrogens is 1. The molecule has 1 aliphatic heterocycles. The third-order valence-electron chi connectivity index (χ3n) is 6.07. The van der Waals surface area contributed by atoms with E-state index in [1.807, 2.05) is 19.3 Å². The van der Waals surface area contributed by atoms with Crippen LogP contribution in [0.1, 0.15) is 63.5 Å². The topological polar surface area (TPSA) is 52.6 Å². The number of pyridine rings is 1. The highest BCUT2D eigenvalue weighted by Gasteiger charge is 2.20. The van der Waals surface area contributed by atoms with E-state index in [1.165, 1.54) is 50.6 Å². The Balaban J connectivity index is 0.00000280. The Morgan fingerprint density at radius 1 is 1.14 bits per heavy atom. The third-order valence-corrected chi connectivity index (χ3v) is 6.07. The quantitative estimate of drug-likeness (QED) is 0.244. The van der Waals surface area contributed by atoms with Gasteiger partial charge in [-0.2, -0.15) is 0 Å². The minimum Gasteiger partial charge on any atom is -0.356 e.